The summed E-state index contributed by atoms with van der Waals surface area (Å²) in [6.07, 6.45) is 6.94. The molecular weight excluding hydrogens is 437 g/mol. The minimum atomic E-state index is -1.16. The summed E-state index contributed by atoms with van der Waals surface area (Å²) >= 11 is 0. The van der Waals surface area contributed by atoms with Crippen molar-refractivity contribution in [2.75, 3.05) is 0 Å². The number of esters is 1. The Labute approximate surface area is 199 Å². The molecule has 180 valence electrons. The highest BCUT2D eigenvalue weighted by Gasteiger charge is 2.18. The molecule has 0 saturated heterocycles. The van der Waals surface area contributed by atoms with Crippen molar-refractivity contribution in [1.82, 2.24) is 0 Å². The third-order valence-corrected chi connectivity index (χ3v) is 5.94. The Hall–Kier alpha value is -3.08. The third-order valence-electron chi connectivity index (χ3n) is 5.94. The van der Waals surface area contributed by atoms with Crippen molar-refractivity contribution in [3.63, 3.8) is 0 Å². The third kappa shape index (κ3) is 6.49. The molecule has 3 aromatic rings. The summed E-state index contributed by atoms with van der Waals surface area (Å²) in [5.74, 6) is -3.61. The number of carbonyl (C=O) groups is 1. The molecule has 0 unspecified atom stereocenters. The second kappa shape index (κ2) is 12.4. The van der Waals surface area contributed by atoms with Gasteiger partial charge in [0.15, 0.2) is 11.6 Å². The van der Waals surface area contributed by atoms with Crippen LogP contribution in [0, 0.1) is 17.5 Å². The number of hydrogen-bond donors (Lipinski definition) is 0. The average molecular weight is 469 g/mol. The summed E-state index contributed by atoms with van der Waals surface area (Å²) in [5.41, 5.74) is 2.60. The molecule has 0 aliphatic rings. The molecule has 0 aromatic heterocycles. The number of carbonyl (C=O) groups excluding carboxylic acids is 1. The predicted molar refractivity (Wildman–Crippen MR) is 130 cm³/mol. The van der Waals surface area contributed by atoms with E-state index in [4.69, 9.17) is 4.74 Å². The van der Waals surface area contributed by atoms with Gasteiger partial charge in [-0.15, -0.1) is 0 Å². The molecule has 0 aliphatic carbocycles. The SMILES string of the molecule is CCCCCc1ccc(-c2ccc(C(=O)Oc3ccc(CCCCC)c(F)c3F)cc2)cc1F. The van der Waals surface area contributed by atoms with E-state index in [2.05, 4.69) is 6.92 Å². The van der Waals surface area contributed by atoms with Crippen molar-refractivity contribution in [3.8, 4) is 16.9 Å². The lowest BCUT2D eigenvalue weighted by Gasteiger charge is -2.10. The van der Waals surface area contributed by atoms with E-state index in [1.165, 1.54) is 30.3 Å². The predicted octanol–water partition coefficient (Wildman–Crippen LogP) is 8.46. The molecule has 0 spiro atoms. The molecule has 5 heteroatoms. The van der Waals surface area contributed by atoms with E-state index in [1.807, 2.05) is 13.0 Å². The summed E-state index contributed by atoms with van der Waals surface area (Å²) in [7, 11) is 0. The van der Waals surface area contributed by atoms with E-state index in [1.54, 1.807) is 18.2 Å². The van der Waals surface area contributed by atoms with Gasteiger partial charge in [0, 0.05) is 0 Å². The average Bonchev–Trinajstić information content (AvgIpc) is 2.84. The summed E-state index contributed by atoms with van der Waals surface area (Å²) in [5, 5.41) is 0. The first-order chi connectivity index (χ1) is 16.4. The van der Waals surface area contributed by atoms with Crippen LogP contribution in [0.1, 0.15) is 73.9 Å². The van der Waals surface area contributed by atoms with Crippen LogP contribution in [-0.4, -0.2) is 5.97 Å². The second-order valence-corrected chi connectivity index (χ2v) is 8.54. The number of benzene rings is 3. The van der Waals surface area contributed by atoms with Gasteiger partial charge in [-0.1, -0.05) is 69.9 Å². The minimum absolute atomic E-state index is 0.187. The minimum Gasteiger partial charge on any atom is -0.420 e. The quantitative estimate of drug-likeness (QED) is 0.160. The lowest BCUT2D eigenvalue weighted by Crippen LogP contribution is -2.10. The molecule has 0 heterocycles. The highest BCUT2D eigenvalue weighted by Crippen LogP contribution is 2.26. The fraction of sp³-hybridized carbons (Fsp3) is 0.345. The smallest absolute Gasteiger partial charge is 0.343 e. The molecule has 3 rings (SSSR count). The van der Waals surface area contributed by atoms with Crippen LogP contribution in [-0.2, 0) is 12.8 Å². The van der Waals surface area contributed by atoms with Gasteiger partial charge in [0.05, 0.1) is 5.56 Å². The summed E-state index contributed by atoms with van der Waals surface area (Å²) in [4.78, 5) is 12.5. The zero-order valence-electron chi connectivity index (χ0n) is 19.8. The summed E-state index contributed by atoms with van der Waals surface area (Å²) < 4.78 is 48.3. The van der Waals surface area contributed by atoms with Gasteiger partial charge in [0.25, 0.3) is 0 Å². The van der Waals surface area contributed by atoms with Gasteiger partial charge in [0.1, 0.15) is 5.82 Å². The van der Waals surface area contributed by atoms with Gasteiger partial charge in [0.2, 0.25) is 5.82 Å². The van der Waals surface area contributed by atoms with Crippen LogP contribution in [0.2, 0.25) is 0 Å². The Morgan fingerprint density at radius 1 is 0.706 bits per heavy atom. The van der Waals surface area contributed by atoms with Crippen LogP contribution >= 0.6 is 0 Å². The number of halogens is 3. The van der Waals surface area contributed by atoms with Crippen LogP contribution < -0.4 is 4.74 Å². The zero-order chi connectivity index (χ0) is 24.5. The molecule has 2 nitrogen and oxygen atoms in total. The van der Waals surface area contributed by atoms with E-state index in [-0.39, 0.29) is 16.9 Å². The van der Waals surface area contributed by atoms with Gasteiger partial charge >= 0.3 is 5.97 Å². The number of rotatable bonds is 11. The zero-order valence-corrected chi connectivity index (χ0v) is 19.8. The molecule has 0 atom stereocenters. The molecule has 34 heavy (non-hydrogen) atoms. The molecule has 0 radical (unpaired) electrons. The maximum absolute atomic E-state index is 14.5. The molecular formula is C29H31F3O2. The van der Waals surface area contributed by atoms with Crippen LogP contribution in [0.15, 0.2) is 54.6 Å². The van der Waals surface area contributed by atoms with E-state index in [0.717, 1.165) is 44.1 Å². The van der Waals surface area contributed by atoms with E-state index < -0.39 is 23.4 Å². The Morgan fingerprint density at radius 3 is 1.91 bits per heavy atom. The van der Waals surface area contributed by atoms with Crippen molar-refractivity contribution in [1.29, 1.82) is 0 Å². The van der Waals surface area contributed by atoms with E-state index in [0.29, 0.717) is 24.0 Å². The Bertz CT molecular complexity index is 1110. The highest BCUT2D eigenvalue weighted by atomic mass is 19.2. The number of unbranched alkanes of at least 4 members (excludes halogenated alkanes) is 4. The van der Waals surface area contributed by atoms with E-state index in [9.17, 15) is 18.0 Å². The Kier molecular flexibility index (Phi) is 9.32. The standard InChI is InChI=1S/C29H31F3O2/c1-3-5-7-9-21-13-16-24(19-25(21)30)20-11-14-23(15-12-20)29(33)34-26-18-17-22(10-8-6-4-2)27(31)28(26)32/h11-19H,3-10H2,1-2H3. The van der Waals surface area contributed by atoms with Crippen LogP contribution in [0.5, 0.6) is 5.75 Å². The second-order valence-electron chi connectivity index (χ2n) is 8.54. The summed E-state index contributed by atoms with van der Waals surface area (Å²) in [6, 6.07) is 14.3. The molecule has 3 aromatic carbocycles. The fourth-order valence-electron chi connectivity index (χ4n) is 3.86. The number of aryl methyl sites for hydroxylation is 2. The van der Waals surface area contributed by atoms with Gasteiger partial charge in [-0.3, -0.25) is 0 Å². The Balaban J connectivity index is 1.67. The van der Waals surface area contributed by atoms with Crippen molar-refractivity contribution in [2.24, 2.45) is 0 Å². The maximum Gasteiger partial charge on any atom is 0.343 e. The van der Waals surface area contributed by atoms with E-state index >= 15 is 0 Å². The highest BCUT2D eigenvalue weighted by molar-refractivity contribution is 5.91. The summed E-state index contributed by atoms with van der Waals surface area (Å²) in [6.45, 7) is 4.15. The molecule has 0 fully saturated rings. The Morgan fingerprint density at radius 2 is 1.29 bits per heavy atom. The molecule has 0 saturated carbocycles. The van der Waals surface area contributed by atoms with Crippen molar-refractivity contribution in [2.45, 2.75) is 65.2 Å². The lowest BCUT2D eigenvalue weighted by atomic mass is 10.00. The molecule has 0 amide bonds. The molecule has 0 bridgehead atoms. The molecule has 0 N–H and O–H groups in total. The van der Waals surface area contributed by atoms with Crippen LogP contribution in [0.25, 0.3) is 11.1 Å². The first-order valence-corrected chi connectivity index (χ1v) is 12.0. The maximum atomic E-state index is 14.5. The normalized spacial score (nSPS) is 11.0. The van der Waals surface area contributed by atoms with Crippen LogP contribution in [0.4, 0.5) is 13.2 Å². The fourth-order valence-corrected chi connectivity index (χ4v) is 3.86. The van der Waals surface area contributed by atoms with Gasteiger partial charge < -0.3 is 4.74 Å². The van der Waals surface area contributed by atoms with Crippen molar-refractivity contribution >= 4 is 5.97 Å². The topological polar surface area (TPSA) is 26.3 Å². The first kappa shape index (κ1) is 25.5. The largest absolute Gasteiger partial charge is 0.420 e. The first-order valence-electron chi connectivity index (χ1n) is 12.0. The molecule has 0 aliphatic heterocycles. The monoisotopic (exact) mass is 468 g/mol. The van der Waals surface area contributed by atoms with Gasteiger partial charge in [-0.2, -0.15) is 4.39 Å². The van der Waals surface area contributed by atoms with Gasteiger partial charge in [-0.25, -0.2) is 13.6 Å². The number of ether oxygens (including phenoxy) is 1. The van der Waals surface area contributed by atoms with Crippen molar-refractivity contribution < 1.29 is 22.7 Å². The lowest BCUT2D eigenvalue weighted by molar-refractivity contribution is 0.0726. The van der Waals surface area contributed by atoms with Crippen molar-refractivity contribution in [3.05, 3.63) is 88.7 Å². The van der Waals surface area contributed by atoms with Crippen LogP contribution in [0.3, 0.4) is 0 Å². The van der Waals surface area contributed by atoms with Gasteiger partial charge in [-0.05, 0) is 72.2 Å². The number of hydrogen-bond acceptors (Lipinski definition) is 2.